The van der Waals surface area contributed by atoms with Gasteiger partial charge in [0.2, 0.25) is 0 Å². The fourth-order valence-electron chi connectivity index (χ4n) is 5.74. The predicted octanol–water partition coefficient (Wildman–Crippen LogP) is 9.04. The summed E-state index contributed by atoms with van der Waals surface area (Å²) in [5.74, 6) is 0. The monoisotopic (exact) mass is 566 g/mol. The summed E-state index contributed by atoms with van der Waals surface area (Å²) in [6.07, 6.45) is 5.98. The molecule has 3 heteroatoms. The molecule has 0 fully saturated rings. The molecule has 34 heavy (non-hydrogen) atoms. The summed E-state index contributed by atoms with van der Waals surface area (Å²) < 4.78 is 4.04. The Bertz CT molecular complexity index is 1310. The van der Waals surface area contributed by atoms with Crippen molar-refractivity contribution in [2.75, 3.05) is 0 Å². The first-order valence-corrected chi connectivity index (χ1v) is 15.6. The Labute approximate surface area is 225 Å². The van der Waals surface area contributed by atoms with Crippen LogP contribution in [0.4, 0.5) is 0 Å². The average Bonchev–Trinajstić information content (AvgIpc) is 3.39. The molecule has 176 valence electrons. The molecule has 0 unspecified atom stereocenters. The second-order valence-corrected chi connectivity index (χ2v) is 17.0. The van der Waals surface area contributed by atoms with Gasteiger partial charge in [0.25, 0.3) is 0 Å². The zero-order chi connectivity index (χ0) is 22.6. The molecular weight excluding hydrogens is 534 g/mol. The second-order valence-electron chi connectivity index (χ2n) is 9.64. The van der Waals surface area contributed by atoms with E-state index in [-0.39, 0.29) is 24.8 Å². The maximum Gasteiger partial charge on any atom is -0.147 e. The molecule has 3 aromatic carbocycles. The van der Waals surface area contributed by atoms with Crippen molar-refractivity contribution in [1.29, 1.82) is 0 Å². The van der Waals surface area contributed by atoms with E-state index in [0.717, 1.165) is 6.42 Å². The molecule has 2 aliphatic carbocycles. The van der Waals surface area contributed by atoms with Crippen LogP contribution in [0.15, 0.2) is 70.0 Å². The van der Waals surface area contributed by atoms with Gasteiger partial charge < -0.3 is 0 Å². The molecule has 0 radical (unpaired) electrons. The van der Waals surface area contributed by atoms with E-state index in [9.17, 15) is 0 Å². The van der Waals surface area contributed by atoms with E-state index in [1.807, 2.05) is 0 Å². The summed E-state index contributed by atoms with van der Waals surface area (Å²) >= 11 is -2.21. The smallest absolute Gasteiger partial charge is 0.147 e. The van der Waals surface area contributed by atoms with Crippen LogP contribution in [0.25, 0.3) is 16.7 Å². The Kier molecular flexibility index (Phi) is 8.45. The number of hydrogen-bond acceptors (Lipinski definition) is 0. The van der Waals surface area contributed by atoms with Gasteiger partial charge >= 0.3 is 202 Å². The average molecular weight is 569 g/mol. The van der Waals surface area contributed by atoms with Gasteiger partial charge in [0.15, 0.2) is 0 Å². The molecule has 5 rings (SSSR count). The Balaban J connectivity index is 0.00000162. The largest absolute Gasteiger partial charge is 0.147 e. The third kappa shape index (κ3) is 4.30. The topological polar surface area (TPSA) is 0 Å². The molecule has 0 amide bonds. The number of allylic oxidation sites excluding steroid dienone is 4. The van der Waals surface area contributed by atoms with Gasteiger partial charge in [-0.2, -0.15) is 0 Å². The number of hydrogen-bond donors (Lipinski definition) is 0. The van der Waals surface area contributed by atoms with Crippen LogP contribution in [-0.2, 0) is 21.3 Å². The first-order valence-electron chi connectivity index (χ1n) is 11.7. The summed E-state index contributed by atoms with van der Waals surface area (Å²) in [5.41, 5.74) is 14.8. The molecule has 0 aromatic heterocycles. The van der Waals surface area contributed by atoms with Gasteiger partial charge in [0, 0.05) is 0 Å². The van der Waals surface area contributed by atoms with Crippen LogP contribution in [0.1, 0.15) is 62.8 Å². The molecule has 0 heterocycles. The molecule has 0 saturated carbocycles. The zero-order valence-electron chi connectivity index (χ0n) is 21.0. The third-order valence-corrected chi connectivity index (χ3v) is 16.0. The van der Waals surface area contributed by atoms with Crippen LogP contribution in [0.3, 0.4) is 0 Å². The molecule has 2 aliphatic rings. The third-order valence-electron chi connectivity index (χ3n) is 7.69. The second kappa shape index (κ2) is 10.6. The molecule has 0 atom stereocenters. The first-order chi connectivity index (χ1) is 15.4. The van der Waals surface area contributed by atoms with E-state index in [4.69, 9.17) is 0 Å². The van der Waals surface area contributed by atoms with E-state index < -0.39 is 21.3 Å². The van der Waals surface area contributed by atoms with Gasteiger partial charge in [-0.05, 0) is 0 Å². The van der Waals surface area contributed by atoms with Crippen molar-refractivity contribution < 1.29 is 21.3 Å². The minimum Gasteiger partial charge on any atom is -0.147 e. The predicted molar refractivity (Wildman–Crippen MR) is 151 cm³/mol. The van der Waals surface area contributed by atoms with Crippen molar-refractivity contribution in [2.45, 2.75) is 51.6 Å². The standard InChI is InChI=1S/C15H17.C13H9.C3H6.2ClH.Zr/c1-10-9-15(14-7-5-6-8-14)13(4)12(3)11(10)2;1-3-7-12-10(5-1)9-11-6-2-4-8-13(11)12;1-3-2;;;/h5,7,9H,6H2,1-4H3;1-9H;1-2H3;2*1H;. The zero-order valence-corrected chi connectivity index (χ0v) is 25.0. The fraction of sp³-hybridized carbons (Fsp3) is 0.258. The van der Waals surface area contributed by atoms with Crippen molar-refractivity contribution >= 4 is 33.6 Å². The Morgan fingerprint density at radius 1 is 0.735 bits per heavy atom. The summed E-state index contributed by atoms with van der Waals surface area (Å²) in [7, 11) is 0. The van der Waals surface area contributed by atoms with Gasteiger partial charge in [0.1, 0.15) is 0 Å². The summed E-state index contributed by atoms with van der Waals surface area (Å²) in [5, 5.41) is 0. The Morgan fingerprint density at radius 3 is 1.85 bits per heavy atom. The Hall–Kier alpha value is -1.53. The van der Waals surface area contributed by atoms with Crippen LogP contribution >= 0.6 is 24.8 Å². The van der Waals surface area contributed by atoms with Crippen molar-refractivity contribution in [3.63, 3.8) is 0 Å². The van der Waals surface area contributed by atoms with Crippen molar-refractivity contribution in [3.8, 4) is 11.1 Å². The summed E-state index contributed by atoms with van der Waals surface area (Å²) in [6.45, 7) is 14.0. The van der Waals surface area contributed by atoms with Gasteiger partial charge in [-0.1, -0.05) is 0 Å². The van der Waals surface area contributed by atoms with Crippen LogP contribution < -0.4 is 0 Å². The maximum absolute atomic E-state index is 2.45. The fourth-order valence-corrected chi connectivity index (χ4v) is 14.3. The van der Waals surface area contributed by atoms with E-state index in [1.165, 1.54) is 44.5 Å². The van der Waals surface area contributed by atoms with Crippen LogP contribution in [-0.4, -0.2) is 3.21 Å². The van der Waals surface area contributed by atoms with Crippen LogP contribution in [0, 0.1) is 27.7 Å². The van der Waals surface area contributed by atoms with Crippen molar-refractivity contribution in [2.24, 2.45) is 0 Å². The molecule has 0 saturated heterocycles. The van der Waals surface area contributed by atoms with Crippen molar-refractivity contribution in [3.05, 3.63) is 109 Å². The van der Waals surface area contributed by atoms with E-state index in [2.05, 4.69) is 108 Å². The first kappa shape index (κ1) is 27.1. The van der Waals surface area contributed by atoms with E-state index >= 15 is 0 Å². The summed E-state index contributed by atoms with van der Waals surface area (Å²) in [4.78, 5) is 0. The van der Waals surface area contributed by atoms with Gasteiger partial charge in [-0.3, -0.25) is 0 Å². The molecule has 0 N–H and O–H groups in total. The van der Waals surface area contributed by atoms with Gasteiger partial charge in [-0.25, -0.2) is 0 Å². The number of aryl methyl sites for hydroxylation is 1. The number of fused-ring (bicyclic) bond motifs is 3. The van der Waals surface area contributed by atoms with Crippen molar-refractivity contribution in [1.82, 2.24) is 0 Å². The van der Waals surface area contributed by atoms with Crippen LogP contribution in [0.2, 0.25) is 0 Å². The van der Waals surface area contributed by atoms with Gasteiger partial charge in [-0.15, -0.1) is 24.8 Å². The van der Waals surface area contributed by atoms with Gasteiger partial charge in [0.05, 0.1) is 0 Å². The SMILES string of the molecule is C[C](C)=[Zr]([C]1=C(c2cc(C)c(C)c(C)c2C)C=CC1)[CH]1c2ccccc2-c2ccccc21.Cl.Cl. The normalized spacial score (nSPS) is 13.8. The van der Waals surface area contributed by atoms with Crippen LogP contribution in [0.5, 0.6) is 0 Å². The minimum atomic E-state index is -2.21. The molecule has 3 aromatic rings. The number of benzene rings is 3. The summed E-state index contributed by atoms with van der Waals surface area (Å²) in [6, 6.07) is 20.8. The van der Waals surface area contributed by atoms with E-state index in [0.29, 0.717) is 3.63 Å². The van der Waals surface area contributed by atoms with E-state index in [1.54, 1.807) is 17.6 Å². The minimum absolute atomic E-state index is 0. The maximum atomic E-state index is 2.45. The molecular formula is C31H34Cl2Zr. The molecule has 0 aliphatic heterocycles. The molecule has 0 bridgehead atoms. The molecule has 0 spiro atoms. The molecule has 0 nitrogen and oxygen atoms in total. The number of rotatable bonds is 3. The quantitative estimate of drug-likeness (QED) is 0.296. The number of halogens is 2. The Morgan fingerprint density at radius 2 is 1.29 bits per heavy atom.